The largest absolute Gasteiger partial charge is 0.454 e. The second-order valence-corrected chi connectivity index (χ2v) is 7.42. The molecule has 0 atom stereocenters. The minimum Gasteiger partial charge on any atom is -0.454 e. The Morgan fingerprint density at radius 2 is 2.14 bits per heavy atom. The van der Waals surface area contributed by atoms with Crippen molar-refractivity contribution in [3.05, 3.63) is 47.2 Å². The van der Waals surface area contributed by atoms with Crippen LogP contribution in [-0.2, 0) is 11.2 Å². The lowest BCUT2D eigenvalue weighted by atomic mass is 10.1. The van der Waals surface area contributed by atoms with Crippen LogP contribution < -0.4 is 14.8 Å². The molecule has 1 aliphatic rings. The Bertz CT molecular complexity index is 1210. The number of hydrogen-bond acceptors (Lipinski definition) is 7. The van der Waals surface area contributed by atoms with Crippen molar-refractivity contribution >= 4 is 45.0 Å². The highest BCUT2D eigenvalue weighted by molar-refractivity contribution is 7.18. The molecular formula is C18H12ClN5O3S. The first kappa shape index (κ1) is 17.0. The highest BCUT2D eigenvalue weighted by Crippen LogP contribution is 2.37. The highest BCUT2D eigenvalue weighted by atomic mass is 35.5. The topological polar surface area (TPSA) is 102 Å². The third-order valence-electron chi connectivity index (χ3n) is 4.25. The minimum atomic E-state index is -0.246. The molecule has 1 amide bonds. The Balaban J connectivity index is 1.33. The molecule has 0 fully saturated rings. The summed E-state index contributed by atoms with van der Waals surface area (Å²) in [4.78, 5) is 19.8. The zero-order valence-electron chi connectivity index (χ0n) is 14.2. The predicted octanol–water partition coefficient (Wildman–Crippen LogP) is 3.64. The van der Waals surface area contributed by atoms with E-state index in [9.17, 15) is 4.79 Å². The zero-order valence-corrected chi connectivity index (χ0v) is 15.8. The minimum absolute atomic E-state index is 0.0847. The quantitative estimate of drug-likeness (QED) is 0.529. The fraction of sp³-hybridized carbons (Fsp3) is 0.111. The Hall–Kier alpha value is -3.17. The molecule has 1 aliphatic heterocycles. The number of rotatable bonds is 4. The number of amides is 1. The van der Waals surface area contributed by atoms with Gasteiger partial charge in [0.25, 0.3) is 0 Å². The van der Waals surface area contributed by atoms with Gasteiger partial charge in [-0.25, -0.2) is 4.98 Å². The summed E-state index contributed by atoms with van der Waals surface area (Å²) >= 11 is 7.52. The second-order valence-electron chi connectivity index (χ2n) is 6.04. The van der Waals surface area contributed by atoms with Gasteiger partial charge >= 0.3 is 0 Å². The molecule has 2 N–H and O–H groups in total. The smallest absolute Gasteiger partial charge is 0.231 e. The second kappa shape index (κ2) is 6.77. The van der Waals surface area contributed by atoms with Crippen LogP contribution in [0.1, 0.15) is 5.56 Å². The van der Waals surface area contributed by atoms with E-state index in [2.05, 4.69) is 25.5 Å². The van der Waals surface area contributed by atoms with Crippen molar-refractivity contribution in [2.45, 2.75) is 6.42 Å². The van der Waals surface area contributed by atoms with E-state index in [0.717, 1.165) is 16.6 Å². The highest BCUT2D eigenvalue weighted by Gasteiger charge is 2.19. The van der Waals surface area contributed by atoms with Gasteiger partial charge in [0.2, 0.25) is 17.8 Å². The van der Waals surface area contributed by atoms with Gasteiger partial charge in [0, 0.05) is 34.4 Å². The van der Waals surface area contributed by atoms with Gasteiger partial charge in [-0.15, -0.1) is 10.2 Å². The molecule has 5 rings (SSSR count). The summed E-state index contributed by atoms with van der Waals surface area (Å²) in [7, 11) is 0. The van der Waals surface area contributed by atoms with Gasteiger partial charge in [-0.05, 0) is 23.8 Å². The van der Waals surface area contributed by atoms with Crippen LogP contribution in [0.2, 0.25) is 5.02 Å². The van der Waals surface area contributed by atoms with E-state index in [1.807, 2.05) is 18.3 Å². The number of carbonyl (C=O) groups excluding carboxylic acids is 1. The van der Waals surface area contributed by atoms with Crippen LogP contribution in [0.4, 0.5) is 5.13 Å². The van der Waals surface area contributed by atoms with Crippen molar-refractivity contribution in [1.29, 1.82) is 0 Å². The van der Waals surface area contributed by atoms with Gasteiger partial charge in [-0.2, -0.15) is 0 Å². The van der Waals surface area contributed by atoms with Crippen molar-refractivity contribution in [3.63, 3.8) is 0 Å². The monoisotopic (exact) mass is 413 g/mol. The Morgan fingerprint density at radius 1 is 1.29 bits per heavy atom. The molecule has 0 unspecified atom stereocenters. The number of halogens is 1. The van der Waals surface area contributed by atoms with E-state index in [4.69, 9.17) is 21.1 Å². The molecular weight excluding hydrogens is 402 g/mol. The van der Waals surface area contributed by atoms with Crippen molar-refractivity contribution in [1.82, 2.24) is 20.2 Å². The van der Waals surface area contributed by atoms with Gasteiger partial charge in [0.1, 0.15) is 5.65 Å². The lowest BCUT2D eigenvalue weighted by Gasteiger charge is -2.05. The van der Waals surface area contributed by atoms with Gasteiger partial charge < -0.3 is 19.8 Å². The molecule has 0 radical (unpaired) electrons. The molecule has 0 saturated heterocycles. The van der Waals surface area contributed by atoms with Crippen molar-refractivity contribution in [2.24, 2.45) is 0 Å². The number of aromatic amines is 1. The molecule has 4 heterocycles. The van der Waals surface area contributed by atoms with Crippen LogP contribution in [0.15, 0.2) is 36.7 Å². The van der Waals surface area contributed by atoms with E-state index >= 15 is 0 Å². The first-order chi connectivity index (χ1) is 13.7. The summed E-state index contributed by atoms with van der Waals surface area (Å²) < 4.78 is 10.6. The number of fused-ring (bicyclic) bond motifs is 2. The molecule has 0 bridgehead atoms. The van der Waals surface area contributed by atoms with Gasteiger partial charge in [-0.1, -0.05) is 22.9 Å². The predicted molar refractivity (Wildman–Crippen MR) is 105 cm³/mol. The SMILES string of the molecule is O=C(Cc1cc2c(cc1Cl)OCO2)Nc1nnc(-c2c[nH]c3ncccc23)s1. The maximum absolute atomic E-state index is 12.4. The number of H-pyrrole nitrogens is 1. The fourth-order valence-electron chi connectivity index (χ4n) is 2.95. The van der Waals surface area contributed by atoms with Crippen LogP contribution in [0.25, 0.3) is 21.6 Å². The Kier molecular flexibility index (Phi) is 4.10. The molecule has 0 saturated carbocycles. The number of hydrogen-bond donors (Lipinski definition) is 2. The van der Waals surface area contributed by atoms with E-state index in [-0.39, 0.29) is 19.1 Å². The third kappa shape index (κ3) is 3.04. The van der Waals surface area contributed by atoms with Gasteiger partial charge in [0.15, 0.2) is 16.5 Å². The summed E-state index contributed by atoms with van der Waals surface area (Å²) in [6.45, 7) is 0.151. The summed E-state index contributed by atoms with van der Waals surface area (Å²) in [6.07, 6.45) is 3.63. The summed E-state index contributed by atoms with van der Waals surface area (Å²) in [5.74, 6) is 0.915. The number of aromatic nitrogens is 4. The number of carbonyl (C=O) groups is 1. The van der Waals surface area contributed by atoms with Crippen LogP contribution in [0.5, 0.6) is 11.5 Å². The number of benzene rings is 1. The Labute approximate surface area is 167 Å². The number of pyridine rings is 1. The Morgan fingerprint density at radius 3 is 3.04 bits per heavy atom. The van der Waals surface area contributed by atoms with E-state index in [0.29, 0.717) is 32.2 Å². The summed E-state index contributed by atoms with van der Waals surface area (Å²) in [6, 6.07) is 7.18. The van der Waals surface area contributed by atoms with Crippen LogP contribution in [0.3, 0.4) is 0 Å². The van der Waals surface area contributed by atoms with Crippen molar-refractivity contribution < 1.29 is 14.3 Å². The summed E-state index contributed by atoms with van der Waals surface area (Å²) in [5.41, 5.74) is 2.31. The number of ether oxygens (including phenoxy) is 2. The molecule has 3 aromatic heterocycles. The average molecular weight is 414 g/mol. The normalized spacial score (nSPS) is 12.5. The van der Waals surface area contributed by atoms with Crippen LogP contribution in [-0.4, -0.2) is 32.9 Å². The molecule has 1 aromatic carbocycles. The molecule has 10 heteroatoms. The standard InChI is InChI=1S/C18H12ClN5O3S/c19-12-6-14-13(26-8-27-14)4-9(12)5-15(25)22-18-24-23-17(28-18)11-7-21-16-10(11)2-1-3-20-16/h1-4,6-7H,5,8H2,(H,20,21)(H,22,24,25). The van der Waals surface area contributed by atoms with Crippen LogP contribution >= 0.6 is 22.9 Å². The van der Waals surface area contributed by atoms with Crippen LogP contribution in [0, 0.1) is 0 Å². The fourth-order valence-corrected chi connectivity index (χ4v) is 3.96. The molecule has 4 aromatic rings. The number of nitrogens with zero attached hydrogens (tertiary/aromatic N) is 3. The average Bonchev–Trinajstić information content (AvgIpc) is 3.41. The molecule has 8 nitrogen and oxygen atoms in total. The van der Waals surface area contributed by atoms with E-state index in [1.165, 1.54) is 11.3 Å². The number of nitrogens with one attached hydrogen (secondary N) is 2. The first-order valence-electron chi connectivity index (χ1n) is 8.31. The molecule has 28 heavy (non-hydrogen) atoms. The lowest BCUT2D eigenvalue weighted by Crippen LogP contribution is -2.14. The van der Waals surface area contributed by atoms with Crippen molar-refractivity contribution in [2.75, 3.05) is 12.1 Å². The summed E-state index contributed by atoms with van der Waals surface area (Å²) in [5, 5.41) is 13.5. The molecule has 0 spiro atoms. The lowest BCUT2D eigenvalue weighted by molar-refractivity contribution is -0.115. The third-order valence-corrected chi connectivity index (χ3v) is 5.47. The van der Waals surface area contributed by atoms with E-state index < -0.39 is 0 Å². The van der Waals surface area contributed by atoms with Crippen molar-refractivity contribution in [3.8, 4) is 22.1 Å². The molecule has 140 valence electrons. The maximum Gasteiger partial charge on any atom is 0.231 e. The first-order valence-corrected chi connectivity index (χ1v) is 9.50. The zero-order chi connectivity index (χ0) is 19.1. The van der Waals surface area contributed by atoms with Gasteiger partial charge in [0.05, 0.1) is 6.42 Å². The maximum atomic E-state index is 12.4. The number of anilines is 1. The molecule has 0 aliphatic carbocycles. The van der Waals surface area contributed by atoms with E-state index in [1.54, 1.807) is 18.3 Å². The van der Waals surface area contributed by atoms with Gasteiger partial charge in [-0.3, -0.25) is 4.79 Å².